The fourth-order valence-corrected chi connectivity index (χ4v) is 9.30. The van der Waals surface area contributed by atoms with Crippen LogP contribution in [0.4, 0.5) is 9.59 Å². The van der Waals surface area contributed by atoms with Crippen molar-refractivity contribution in [3.63, 3.8) is 0 Å². The third-order valence-corrected chi connectivity index (χ3v) is 12.8. The Bertz CT molecular complexity index is 2640. The van der Waals surface area contributed by atoms with Crippen LogP contribution in [0.3, 0.4) is 0 Å². The monoisotopic (exact) mass is 868 g/mol. The van der Waals surface area contributed by atoms with E-state index in [2.05, 4.69) is 54.6 Å². The Labute approximate surface area is 370 Å². The lowest BCUT2D eigenvalue weighted by Crippen LogP contribution is -2.52. The first-order chi connectivity index (χ1) is 31.0. The molecular formula is C48H52N8O8. The maximum atomic E-state index is 13.8. The van der Waals surface area contributed by atoms with Crippen LogP contribution in [0.15, 0.2) is 79.1 Å². The second kappa shape index (κ2) is 17.2. The number of rotatable bonds is 12. The van der Waals surface area contributed by atoms with Crippen LogP contribution in [0.2, 0.25) is 0 Å². The summed E-state index contributed by atoms with van der Waals surface area (Å²) in [6.07, 6.45) is 4.73. The summed E-state index contributed by atoms with van der Waals surface area (Å²) < 4.78 is 23.0. The van der Waals surface area contributed by atoms with Gasteiger partial charge in [0.05, 0.1) is 50.6 Å². The Balaban J connectivity index is 0.973. The van der Waals surface area contributed by atoms with Crippen molar-refractivity contribution in [3.05, 3.63) is 107 Å². The van der Waals surface area contributed by atoms with Gasteiger partial charge in [0.1, 0.15) is 47.4 Å². The lowest BCUT2D eigenvalue weighted by atomic mass is 9.83. The van der Waals surface area contributed by atoms with Crippen molar-refractivity contribution in [2.75, 3.05) is 33.9 Å². The number of amides is 4. The van der Waals surface area contributed by atoms with E-state index in [0.29, 0.717) is 43.5 Å². The minimum atomic E-state index is -0.972. The average molecular weight is 869 g/mol. The maximum absolute atomic E-state index is 13.8. The molecule has 5 aromatic rings. The number of benzene rings is 3. The van der Waals surface area contributed by atoms with Gasteiger partial charge in [-0.1, -0.05) is 68.4 Å². The fraction of sp³-hybridized carbons (Fsp3) is 0.375. The second-order valence-corrected chi connectivity index (χ2v) is 16.9. The number of carbonyl (C=O) groups is 4. The molecular weight excluding hydrogens is 817 g/mol. The molecule has 4 N–H and O–H groups in total. The number of carbonyl (C=O) groups excluding carboxylic acids is 4. The van der Waals surface area contributed by atoms with E-state index in [1.807, 2.05) is 56.3 Å². The molecule has 1 aliphatic carbocycles. The first-order valence-electron chi connectivity index (χ1n) is 21.8. The number of alkyl carbamates (subject to hydrolysis) is 2. The molecule has 332 valence electrons. The predicted molar refractivity (Wildman–Crippen MR) is 237 cm³/mol. The standard InChI is InChI=1S/C48H52N8O8/c1-6-18-55(45(58)48(22-27(48)2)54-47(60)62-5)25-40-49-23-35(52-40)31-14-16-32-34-26-63-38-20-30(15-17-33(38)41(34)42(64-39(32)21-31)29-11-8-7-9-12-29)36-24-50-43(53-36)37-13-10-19-56(37)44(57)28(3)51-46(59)61-4/h7-9,11-12,14-17,20-21,23-24,27-28,37,42H,6,10,13,18-19,22,25-26H2,1-5H3,(H,49,52)(H,50,53)(H,51,59)(H,54,60). The number of nitrogens with zero attached hydrogens (tertiary/aromatic N) is 4. The summed E-state index contributed by atoms with van der Waals surface area (Å²) >= 11 is 0. The number of aromatic amines is 2. The van der Waals surface area contributed by atoms with Crippen molar-refractivity contribution in [1.82, 2.24) is 40.4 Å². The minimum Gasteiger partial charge on any atom is -0.488 e. The Morgan fingerprint density at radius 1 is 0.938 bits per heavy atom. The van der Waals surface area contributed by atoms with Crippen molar-refractivity contribution in [2.24, 2.45) is 5.92 Å². The SMILES string of the molecule is CCCN(Cc1ncc(-c2ccc3c(c2)OC(c2ccccc2)C2=C3COc3cc(-c4cnc(C5CCCN5C(=O)C(C)NC(=O)OC)[nH]4)ccc32)[nH]1)C(=O)C1(NC(=O)OC)CC1C. The molecule has 5 heterocycles. The lowest BCUT2D eigenvalue weighted by molar-refractivity contribution is -0.135. The highest BCUT2D eigenvalue weighted by molar-refractivity contribution is 6.00. The van der Waals surface area contributed by atoms with Crippen LogP contribution in [-0.4, -0.2) is 99.2 Å². The van der Waals surface area contributed by atoms with Gasteiger partial charge in [0.15, 0.2) is 0 Å². The van der Waals surface area contributed by atoms with Gasteiger partial charge in [0.2, 0.25) is 11.8 Å². The maximum Gasteiger partial charge on any atom is 0.407 e. The smallest absolute Gasteiger partial charge is 0.407 e. The predicted octanol–water partition coefficient (Wildman–Crippen LogP) is 7.18. The zero-order chi connectivity index (χ0) is 44.7. The van der Waals surface area contributed by atoms with Crippen molar-refractivity contribution in [1.29, 1.82) is 0 Å². The largest absolute Gasteiger partial charge is 0.488 e. The van der Waals surface area contributed by atoms with Crippen LogP contribution < -0.4 is 20.1 Å². The number of imidazole rings is 2. The summed E-state index contributed by atoms with van der Waals surface area (Å²) in [5.41, 5.74) is 7.30. The van der Waals surface area contributed by atoms with Gasteiger partial charge < -0.3 is 49.3 Å². The molecule has 0 radical (unpaired) electrons. The van der Waals surface area contributed by atoms with Gasteiger partial charge in [-0.15, -0.1) is 0 Å². The van der Waals surface area contributed by atoms with Gasteiger partial charge >= 0.3 is 12.2 Å². The highest BCUT2D eigenvalue weighted by Gasteiger charge is 2.60. The number of H-pyrrole nitrogens is 2. The van der Waals surface area contributed by atoms with E-state index >= 15 is 0 Å². The molecule has 16 heteroatoms. The molecule has 0 spiro atoms. The Morgan fingerprint density at radius 3 is 2.36 bits per heavy atom. The van der Waals surface area contributed by atoms with E-state index < -0.39 is 29.9 Å². The Hall–Kier alpha value is -7.10. The van der Waals surface area contributed by atoms with Crippen molar-refractivity contribution in [3.8, 4) is 34.0 Å². The van der Waals surface area contributed by atoms with E-state index in [1.54, 1.807) is 29.1 Å². The molecule has 1 saturated carbocycles. The lowest BCUT2D eigenvalue weighted by Gasteiger charge is -2.35. The topological polar surface area (TPSA) is 193 Å². The van der Waals surface area contributed by atoms with E-state index in [4.69, 9.17) is 19.2 Å². The van der Waals surface area contributed by atoms with Crippen LogP contribution in [-0.2, 0) is 25.6 Å². The van der Waals surface area contributed by atoms with Gasteiger partial charge in [-0.05, 0) is 56.2 Å². The molecule has 64 heavy (non-hydrogen) atoms. The van der Waals surface area contributed by atoms with E-state index in [9.17, 15) is 19.2 Å². The summed E-state index contributed by atoms with van der Waals surface area (Å²) in [5, 5.41) is 5.36. The molecule has 2 aromatic heterocycles. The first-order valence-corrected chi connectivity index (χ1v) is 21.8. The molecule has 16 nitrogen and oxygen atoms in total. The van der Waals surface area contributed by atoms with Crippen LogP contribution in [0, 0.1) is 5.92 Å². The van der Waals surface area contributed by atoms with Crippen molar-refractivity contribution >= 4 is 35.1 Å². The van der Waals surface area contributed by atoms with Crippen LogP contribution >= 0.6 is 0 Å². The quantitative estimate of drug-likeness (QED) is 0.0998. The van der Waals surface area contributed by atoms with Gasteiger partial charge in [-0.2, -0.15) is 0 Å². The highest BCUT2D eigenvalue weighted by Crippen LogP contribution is 2.52. The summed E-state index contributed by atoms with van der Waals surface area (Å²) in [5.74, 6) is 2.41. The number of methoxy groups -OCH3 is 2. The third-order valence-electron chi connectivity index (χ3n) is 12.8. The number of fused-ring (bicyclic) bond motifs is 4. The van der Waals surface area contributed by atoms with E-state index in [0.717, 1.165) is 75.4 Å². The summed E-state index contributed by atoms with van der Waals surface area (Å²) in [6.45, 7) is 7.28. The molecule has 0 bridgehead atoms. The normalized spacial score (nSPS) is 21.0. The number of hydrogen-bond acceptors (Lipinski definition) is 10. The van der Waals surface area contributed by atoms with E-state index in [1.165, 1.54) is 14.2 Å². The van der Waals surface area contributed by atoms with Gasteiger partial charge in [0, 0.05) is 46.5 Å². The highest BCUT2D eigenvalue weighted by atomic mass is 16.5. The number of hydrogen-bond donors (Lipinski definition) is 4. The summed E-state index contributed by atoms with van der Waals surface area (Å²) in [4.78, 5) is 70.8. The van der Waals surface area contributed by atoms with Crippen LogP contribution in [0.5, 0.6) is 11.5 Å². The number of ether oxygens (including phenoxy) is 4. The molecule has 5 unspecified atom stereocenters. The molecule has 2 fully saturated rings. The Morgan fingerprint density at radius 2 is 1.64 bits per heavy atom. The minimum absolute atomic E-state index is 0.00282. The molecule has 1 saturated heterocycles. The van der Waals surface area contributed by atoms with Gasteiger partial charge in [-0.25, -0.2) is 19.6 Å². The van der Waals surface area contributed by atoms with Crippen LogP contribution in [0.1, 0.15) is 86.9 Å². The van der Waals surface area contributed by atoms with Gasteiger partial charge in [-0.3, -0.25) is 9.59 Å². The zero-order valence-electron chi connectivity index (χ0n) is 36.5. The first kappa shape index (κ1) is 42.2. The molecule has 3 aliphatic heterocycles. The number of likely N-dealkylation sites (tertiary alicyclic amines) is 1. The van der Waals surface area contributed by atoms with Gasteiger partial charge in [0.25, 0.3) is 0 Å². The average Bonchev–Trinajstić information content (AvgIpc) is 3.85. The molecule has 9 rings (SSSR count). The van der Waals surface area contributed by atoms with Crippen LogP contribution in [0.25, 0.3) is 33.7 Å². The third kappa shape index (κ3) is 7.81. The summed E-state index contributed by atoms with van der Waals surface area (Å²) in [6, 6.07) is 21.4. The van der Waals surface area contributed by atoms with Crippen molar-refractivity contribution < 1.29 is 38.1 Å². The molecule has 4 amide bonds. The van der Waals surface area contributed by atoms with Crippen molar-refractivity contribution in [2.45, 2.75) is 76.7 Å². The zero-order valence-corrected chi connectivity index (χ0v) is 36.5. The fourth-order valence-electron chi connectivity index (χ4n) is 9.30. The molecule has 4 aliphatic rings. The van der Waals surface area contributed by atoms with E-state index in [-0.39, 0.29) is 30.3 Å². The Kier molecular flexibility index (Phi) is 11.4. The number of nitrogens with one attached hydrogen (secondary N) is 4. The molecule has 3 aromatic carbocycles. The summed E-state index contributed by atoms with van der Waals surface area (Å²) in [7, 11) is 2.57. The number of aromatic nitrogens is 4. The molecule has 5 atom stereocenters. The second-order valence-electron chi connectivity index (χ2n) is 16.9.